The zero-order valence-corrected chi connectivity index (χ0v) is 49.5. The minimum Gasteiger partial charge on any atom is -0.494 e. The predicted molar refractivity (Wildman–Crippen MR) is 324 cm³/mol. The molecule has 24 nitrogen and oxygen atoms in total. The number of alkyl carbamates (subject to hydrolysis) is 2. The van der Waals surface area contributed by atoms with E-state index in [4.69, 9.17) is 43.6 Å². The van der Waals surface area contributed by atoms with Crippen molar-refractivity contribution in [2.45, 2.75) is 105 Å². The molecule has 0 radical (unpaired) electrons. The van der Waals surface area contributed by atoms with E-state index >= 15 is 0 Å². The molecule has 0 bridgehead atoms. The van der Waals surface area contributed by atoms with Crippen LogP contribution in [0, 0.1) is 0 Å². The van der Waals surface area contributed by atoms with E-state index in [1.165, 1.54) is 6.20 Å². The molecule has 85 heavy (non-hydrogen) atoms. The summed E-state index contributed by atoms with van der Waals surface area (Å²) in [5.74, 6) is 3.62. The highest BCUT2D eigenvalue weighted by molar-refractivity contribution is 5.75. The number of carbonyl (C=O) groups excluding carboxylic acids is 4. The van der Waals surface area contributed by atoms with Gasteiger partial charge in [-0.2, -0.15) is 9.97 Å². The smallest absolute Gasteiger partial charge is 0.407 e. The Bertz CT molecular complexity index is 3190. The van der Waals surface area contributed by atoms with Gasteiger partial charge in [0.25, 0.3) is 0 Å². The number of rotatable bonds is 29. The number of fused-ring (bicyclic) bond motifs is 1. The van der Waals surface area contributed by atoms with Gasteiger partial charge in [-0.15, -0.1) is 0 Å². The molecule has 3 aromatic heterocycles. The number of nitrogens with zero attached hydrogens (tertiary/aromatic N) is 6. The number of carbonyl (C=O) groups is 4. The largest absolute Gasteiger partial charge is 0.494 e. The van der Waals surface area contributed by atoms with Crippen molar-refractivity contribution < 1.29 is 57.1 Å². The fourth-order valence-electron chi connectivity index (χ4n) is 7.42. The van der Waals surface area contributed by atoms with Crippen molar-refractivity contribution in [3.63, 3.8) is 0 Å². The number of nitrogens with two attached hydrogens (primary N) is 1. The van der Waals surface area contributed by atoms with Gasteiger partial charge in [-0.1, -0.05) is 0 Å². The normalized spacial score (nSPS) is 11.0. The first kappa shape index (κ1) is 64.6. The molecule has 24 heteroatoms. The van der Waals surface area contributed by atoms with Gasteiger partial charge in [0, 0.05) is 48.7 Å². The van der Waals surface area contributed by atoms with E-state index in [1.807, 2.05) is 143 Å². The van der Waals surface area contributed by atoms with Crippen molar-refractivity contribution in [1.29, 1.82) is 0 Å². The van der Waals surface area contributed by atoms with Gasteiger partial charge in [0.15, 0.2) is 11.5 Å². The van der Waals surface area contributed by atoms with E-state index in [0.717, 1.165) is 22.7 Å². The predicted octanol–water partition coefficient (Wildman–Crippen LogP) is 11.1. The quantitative estimate of drug-likeness (QED) is 0.0144. The molecule has 0 fully saturated rings. The maximum atomic E-state index is 11.7. The SMILES string of the molecule is CCOC(=O)CCCOc1ccc(-n2cnc3cnc(Nc4ccc(OCCCNC(=O)OC(C)(C)C)cc4)nc32)cc1.CCOC(=O)CCCOc1ccc(Nc2nc(Nc3ccc(OCCCNC(=O)OC(C)(C)C)cc3)ncc2N)cc1. The van der Waals surface area contributed by atoms with Gasteiger partial charge in [0.1, 0.15) is 46.0 Å². The first-order valence-electron chi connectivity index (χ1n) is 28.1. The standard InChI is InChI=1S/C31H38N6O6.C30H40N6O6/c1-5-40-27(38)8-6-18-41-25-15-11-23(12-16-25)37-21-34-26-20-33-29(36-28(26)37)35-22-9-13-24(14-10-22)42-19-7-17-32-30(39)43-31(2,3)4;1-5-39-26(37)8-6-18-40-23-13-9-21(10-14-23)34-27-25(31)20-33-28(36-27)35-22-11-15-24(16-12-22)41-19-7-17-32-29(38)42-30(2,3)4/h9-16,20-21H,5-8,17-19H2,1-4H3,(H,32,39)(H,33,35,36);9-16,20H,5-8,17-19,31H2,1-4H3,(H,32,38)(H2,33,34,35,36). The summed E-state index contributed by atoms with van der Waals surface area (Å²) >= 11 is 0. The molecule has 2 amide bonds. The number of amides is 2. The third-order valence-electron chi connectivity index (χ3n) is 11.3. The summed E-state index contributed by atoms with van der Waals surface area (Å²) in [5, 5.41) is 15.0. The van der Waals surface area contributed by atoms with Crippen LogP contribution in [0.15, 0.2) is 116 Å². The van der Waals surface area contributed by atoms with Crippen LogP contribution >= 0.6 is 0 Å². The number of benzene rings is 4. The average molecular weight is 1170 g/mol. The Labute approximate surface area is 495 Å². The van der Waals surface area contributed by atoms with Gasteiger partial charge in [0.2, 0.25) is 11.9 Å². The second kappa shape index (κ2) is 32.9. The highest BCUT2D eigenvalue weighted by atomic mass is 16.6. The van der Waals surface area contributed by atoms with E-state index in [0.29, 0.717) is 149 Å². The van der Waals surface area contributed by atoms with Crippen molar-refractivity contribution in [2.75, 3.05) is 74.4 Å². The number of nitrogen functional groups attached to an aromatic ring is 1. The second-order valence-corrected chi connectivity index (χ2v) is 20.7. The lowest BCUT2D eigenvalue weighted by Crippen LogP contribution is -2.33. The maximum Gasteiger partial charge on any atom is 0.407 e. The number of esters is 2. The highest BCUT2D eigenvalue weighted by Crippen LogP contribution is 2.27. The molecule has 0 saturated carbocycles. The van der Waals surface area contributed by atoms with Crippen molar-refractivity contribution in [3.05, 3.63) is 116 Å². The van der Waals surface area contributed by atoms with Crippen LogP contribution in [0.3, 0.4) is 0 Å². The lowest BCUT2D eigenvalue weighted by atomic mass is 10.2. The molecular weight excluding hydrogens is 1090 g/mol. The monoisotopic (exact) mass is 1170 g/mol. The molecule has 7 N–H and O–H groups in total. The fraction of sp³-hybridized carbons (Fsp3) is 0.393. The van der Waals surface area contributed by atoms with Crippen LogP contribution < -0.4 is 51.3 Å². The summed E-state index contributed by atoms with van der Waals surface area (Å²) < 4.78 is 45.1. The lowest BCUT2D eigenvalue weighted by molar-refractivity contribution is -0.144. The van der Waals surface area contributed by atoms with Crippen LogP contribution in [0.5, 0.6) is 23.0 Å². The molecule has 454 valence electrons. The highest BCUT2D eigenvalue weighted by Gasteiger charge is 2.17. The molecule has 0 unspecified atom stereocenters. The summed E-state index contributed by atoms with van der Waals surface area (Å²) in [4.78, 5) is 68.5. The van der Waals surface area contributed by atoms with Crippen molar-refractivity contribution in [1.82, 2.24) is 40.1 Å². The molecular formula is C61H78N12O12. The topological polar surface area (TPSA) is 298 Å². The van der Waals surface area contributed by atoms with Gasteiger partial charge < -0.3 is 70.2 Å². The Morgan fingerprint density at radius 1 is 0.506 bits per heavy atom. The minimum atomic E-state index is -0.524. The number of nitrogens with one attached hydrogen (secondary N) is 5. The average Bonchev–Trinajstić information content (AvgIpc) is 2.34. The van der Waals surface area contributed by atoms with Crippen molar-refractivity contribution >= 4 is 75.8 Å². The Hall–Kier alpha value is -9.61. The Kier molecular flexibility index (Phi) is 25.0. The fourth-order valence-corrected chi connectivity index (χ4v) is 7.42. The van der Waals surface area contributed by atoms with E-state index < -0.39 is 23.4 Å². The summed E-state index contributed by atoms with van der Waals surface area (Å²) in [5.41, 5.74) is 9.97. The Morgan fingerprint density at radius 3 is 1.34 bits per heavy atom. The van der Waals surface area contributed by atoms with E-state index in [2.05, 4.69) is 51.5 Å². The molecule has 4 aromatic carbocycles. The lowest BCUT2D eigenvalue weighted by Gasteiger charge is -2.19. The third-order valence-corrected chi connectivity index (χ3v) is 11.3. The van der Waals surface area contributed by atoms with Crippen LogP contribution in [0.1, 0.15) is 93.9 Å². The number of aromatic nitrogens is 6. The van der Waals surface area contributed by atoms with Crippen LogP contribution in [0.2, 0.25) is 0 Å². The van der Waals surface area contributed by atoms with E-state index in [1.54, 1.807) is 26.4 Å². The zero-order chi connectivity index (χ0) is 61.0. The van der Waals surface area contributed by atoms with E-state index in [-0.39, 0.29) is 11.9 Å². The number of imidazole rings is 1. The molecule has 0 aliphatic carbocycles. The molecule has 0 saturated heterocycles. The molecule has 3 heterocycles. The maximum absolute atomic E-state index is 11.7. The van der Waals surface area contributed by atoms with Gasteiger partial charge >= 0.3 is 24.1 Å². The van der Waals surface area contributed by atoms with Gasteiger partial charge in [0.05, 0.1) is 57.7 Å². The van der Waals surface area contributed by atoms with Crippen molar-refractivity contribution in [3.8, 4) is 28.7 Å². The number of ether oxygens (including phenoxy) is 8. The molecule has 0 aliphatic rings. The van der Waals surface area contributed by atoms with Crippen LogP contribution in [-0.2, 0) is 28.5 Å². The zero-order valence-electron chi connectivity index (χ0n) is 49.5. The number of hydrogen-bond acceptors (Lipinski definition) is 21. The molecule has 0 atom stereocenters. The number of hydrogen-bond donors (Lipinski definition) is 6. The molecule has 0 aliphatic heterocycles. The van der Waals surface area contributed by atoms with Gasteiger partial charge in [-0.05, 0) is 178 Å². The van der Waals surface area contributed by atoms with Gasteiger partial charge in [-0.25, -0.2) is 24.5 Å². The Balaban J connectivity index is 0.000000272. The molecule has 7 aromatic rings. The van der Waals surface area contributed by atoms with Crippen LogP contribution in [0.25, 0.3) is 16.9 Å². The van der Waals surface area contributed by atoms with Gasteiger partial charge in [-0.3, -0.25) is 14.2 Å². The van der Waals surface area contributed by atoms with E-state index in [9.17, 15) is 19.2 Å². The summed E-state index contributed by atoms with van der Waals surface area (Å²) in [7, 11) is 0. The summed E-state index contributed by atoms with van der Waals surface area (Å²) in [6.45, 7) is 17.9. The molecule has 0 spiro atoms. The first-order valence-corrected chi connectivity index (χ1v) is 28.1. The third kappa shape index (κ3) is 24.0. The second-order valence-electron chi connectivity index (χ2n) is 20.7. The molecule has 7 rings (SSSR count). The van der Waals surface area contributed by atoms with Crippen molar-refractivity contribution in [2.24, 2.45) is 0 Å². The first-order chi connectivity index (χ1) is 40.8. The summed E-state index contributed by atoms with van der Waals surface area (Å²) in [6, 6.07) is 29.8. The summed E-state index contributed by atoms with van der Waals surface area (Å²) in [6.07, 6.45) is 7.14. The van der Waals surface area contributed by atoms with Crippen LogP contribution in [0.4, 0.5) is 50.1 Å². The number of anilines is 7. The Morgan fingerprint density at radius 2 is 0.906 bits per heavy atom. The minimum absolute atomic E-state index is 0.214. The van der Waals surface area contributed by atoms with Crippen LogP contribution in [-0.4, -0.2) is 118 Å².